The summed E-state index contributed by atoms with van der Waals surface area (Å²) < 4.78 is 7.80. The number of para-hydroxylation sites is 3. The maximum Gasteiger partial charge on any atom is 0.234 e. The molecule has 162 valence electrons. The number of nitrogens with zero attached hydrogens (tertiary/aromatic N) is 3. The molecular weight excluding hydrogens is 420 g/mol. The highest BCUT2D eigenvalue weighted by Crippen LogP contribution is 2.29. The van der Waals surface area contributed by atoms with Crippen LogP contribution in [0.3, 0.4) is 0 Å². The molecule has 1 amide bonds. The lowest BCUT2D eigenvalue weighted by atomic mass is 10.0. The fourth-order valence-electron chi connectivity index (χ4n) is 3.11. The number of carbonyl (C=O) groups excluding carboxylic acids is 1. The van der Waals surface area contributed by atoms with Gasteiger partial charge in [0.2, 0.25) is 5.91 Å². The minimum Gasteiger partial charge on any atom is -0.455 e. The largest absolute Gasteiger partial charge is 0.455 e. The standard InChI is InChI=1S/C25H24N4O2S/c1-18(2)19-12-14-20(15-13-19)29-17-26-28-25(29)32-16-24(30)27-22-10-6-7-11-23(22)31-21-8-4-3-5-9-21/h3-15,17-18H,16H2,1-2H3,(H,27,30). The highest BCUT2D eigenvalue weighted by atomic mass is 32.2. The molecule has 0 bridgehead atoms. The summed E-state index contributed by atoms with van der Waals surface area (Å²) in [6, 6.07) is 25.1. The molecule has 1 aromatic heterocycles. The molecule has 0 unspecified atom stereocenters. The van der Waals surface area contributed by atoms with Gasteiger partial charge in [0, 0.05) is 5.69 Å². The molecule has 32 heavy (non-hydrogen) atoms. The Morgan fingerprint density at radius 3 is 2.47 bits per heavy atom. The summed E-state index contributed by atoms with van der Waals surface area (Å²) in [7, 11) is 0. The normalized spacial score (nSPS) is 10.8. The molecule has 1 N–H and O–H groups in total. The molecule has 3 aromatic carbocycles. The van der Waals surface area contributed by atoms with Crippen molar-refractivity contribution in [2.24, 2.45) is 0 Å². The van der Waals surface area contributed by atoms with Gasteiger partial charge in [-0.2, -0.15) is 0 Å². The van der Waals surface area contributed by atoms with Crippen molar-refractivity contribution < 1.29 is 9.53 Å². The second-order valence-electron chi connectivity index (χ2n) is 7.48. The number of amides is 1. The first kappa shape index (κ1) is 21.6. The maximum absolute atomic E-state index is 12.6. The molecule has 4 rings (SSSR count). The van der Waals surface area contributed by atoms with E-state index in [1.165, 1.54) is 17.3 Å². The zero-order valence-electron chi connectivity index (χ0n) is 17.9. The van der Waals surface area contributed by atoms with Gasteiger partial charge in [0.05, 0.1) is 11.4 Å². The highest BCUT2D eigenvalue weighted by molar-refractivity contribution is 7.99. The smallest absolute Gasteiger partial charge is 0.234 e. The summed E-state index contributed by atoms with van der Waals surface area (Å²) in [5.41, 5.74) is 2.85. The minimum atomic E-state index is -0.149. The molecular formula is C25H24N4O2S. The summed E-state index contributed by atoms with van der Waals surface area (Å²) in [6.45, 7) is 4.33. The number of hydrogen-bond acceptors (Lipinski definition) is 5. The van der Waals surface area contributed by atoms with E-state index in [1.807, 2.05) is 71.3 Å². The number of aromatic nitrogens is 3. The van der Waals surface area contributed by atoms with Gasteiger partial charge in [0.1, 0.15) is 12.1 Å². The third-order valence-electron chi connectivity index (χ3n) is 4.82. The quantitative estimate of drug-likeness (QED) is 0.342. The van der Waals surface area contributed by atoms with Crippen LogP contribution in [0.15, 0.2) is 90.3 Å². The zero-order chi connectivity index (χ0) is 22.3. The number of benzene rings is 3. The van der Waals surface area contributed by atoms with Gasteiger partial charge in [-0.25, -0.2) is 0 Å². The molecule has 7 heteroatoms. The van der Waals surface area contributed by atoms with Gasteiger partial charge in [-0.3, -0.25) is 9.36 Å². The molecule has 0 atom stereocenters. The molecule has 4 aromatic rings. The van der Waals surface area contributed by atoms with Crippen molar-refractivity contribution in [3.63, 3.8) is 0 Å². The average Bonchev–Trinajstić information content (AvgIpc) is 3.28. The van der Waals surface area contributed by atoms with Gasteiger partial charge in [0.15, 0.2) is 10.9 Å². The van der Waals surface area contributed by atoms with Crippen LogP contribution in [0.5, 0.6) is 11.5 Å². The Bertz CT molecular complexity index is 1170. The second kappa shape index (κ2) is 10.2. The molecule has 0 saturated heterocycles. The van der Waals surface area contributed by atoms with Crippen molar-refractivity contribution in [2.45, 2.75) is 24.9 Å². The van der Waals surface area contributed by atoms with E-state index in [9.17, 15) is 4.79 Å². The third-order valence-corrected chi connectivity index (χ3v) is 5.76. The van der Waals surface area contributed by atoms with E-state index in [-0.39, 0.29) is 11.7 Å². The fourth-order valence-corrected chi connectivity index (χ4v) is 3.84. The van der Waals surface area contributed by atoms with E-state index in [1.54, 1.807) is 6.33 Å². The maximum atomic E-state index is 12.6. The Hall–Kier alpha value is -3.58. The molecule has 0 aliphatic carbocycles. The minimum absolute atomic E-state index is 0.149. The van der Waals surface area contributed by atoms with Gasteiger partial charge in [-0.1, -0.05) is 68.1 Å². The zero-order valence-corrected chi connectivity index (χ0v) is 18.8. The van der Waals surface area contributed by atoms with E-state index < -0.39 is 0 Å². The first-order valence-corrected chi connectivity index (χ1v) is 11.3. The lowest BCUT2D eigenvalue weighted by Gasteiger charge is -2.12. The van der Waals surface area contributed by atoms with Crippen molar-refractivity contribution in [2.75, 3.05) is 11.1 Å². The van der Waals surface area contributed by atoms with E-state index in [0.29, 0.717) is 28.3 Å². The molecule has 0 radical (unpaired) electrons. The number of rotatable bonds is 8. The van der Waals surface area contributed by atoms with Crippen LogP contribution >= 0.6 is 11.8 Å². The Morgan fingerprint density at radius 1 is 1.00 bits per heavy atom. The van der Waals surface area contributed by atoms with Gasteiger partial charge in [0.25, 0.3) is 0 Å². The molecule has 0 aliphatic heterocycles. The Balaban J connectivity index is 1.40. The predicted molar refractivity (Wildman–Crippen MR) is 128 cm³/mol. The van der Waals surface area contributed by atoms with E-state index in [2.05, 4.69) is 41.5 Å². The number of anilines is 1. The van der Waals surface area contributed by atoms with Crippen LogP contribution in [0.1, 0.15) is 25.3 Å². The topological polar surface area (TPSA) is 69.0 Å². The first-order chi connectivity index (χ1) is 15.6. The SMILES string of the molecule is CC(C)c1ccc(-n2cnnc2SCC(=O)Nc2ccccc2Oc2ccccc2)cc1. The molecule has 0 saturated carbocycles. The van der Waals surface area contributed by atoms with Gasteiger partial charge >= 0.3 is 0 Å². The molecule has 0 spiro atoms. The Morgan fingerprint density at radius 2 is 1.72 bits per heavy atom. The van der Waals surface area contributed by atoms with Gasteiger partial charge in [-0.05, 0) is 47.9 Å². The summed E-state index contributed by atoms with van der Waals surface area (Å²) in [5, 5.41) is 11.8. The first-order valence-electron chi connectivity index (χ1n) is 10.3. The molecule has 0 aliphatic rings. The monoisotopic (exact) mass is 444 g/mol. The fraction of sp³-hybridized carbons (Fsp3) is 0.160. The van der Waals surface area contributed by atoms with Crippen LogP contribution in [0.4, 0.5) is 5.69 Å². The predicted octanol–water partition coefficient (Wildman–Crippen LogP) is 5.91. The number of nitrogens with one attached hydrogen (secondary N) is 1. The van der Waals surface area contributed by atoms with Crippen LogP contribution in [0.2, 0.25) is 0 Å². The van der Waals surface area contributed by atoms with Crippen LogP contribution in [0, 0.1) is 0 Å². The van der Waals surface area contributed by atoms with E-state index in [0.717, 1.165) is 5.69 Å². The van der Waals surface area contributed by atoms with Crippen molar-refractivity contribution in [1.82, 2.24) is 14.8 Å². The molecule has 6 nitrogen and oxygen atoms in total. The third kappa shape index (κ3) is 5.36. The molecule has 1 heterocycles. The number of hydrogen-bond donors (Lipinski definition) is 1. The van der Waals surface area contributed by atoms with E-state index >= 15 is 0 Å². The lowest BCUT2D eigenvalue weighted by Crippen LogP contribution is -2.15. The summed E-state index contributed by atoms with van der Waals surface area (Å²) in [6.07, 6.45) is 1.66. The molecule has 0 fully saturated rings. The summed E-state index contributed by atoms with van der Waals surface area (Å²) in [4.78, 5) is 12.6. The van der Waals surface area contributed by atoms with Crippen LogP contribution in [-0.2, 0) is 4.79 Å². The highest BCUT2D eigenvalue weighted by Gasteiger charge is 2.13. The average molecular weight is 445 g/mol. The van der Waals surface area contributed by atoms with Gasteiger partial charge < -0.3 is 10.1 Å². The van der Waals surface area contributed by atoms with Crippen molar-refractivity contribution in [3.8, 4) is 17.2 Å². The van der Waals surface area contributed by atoms with Crippen LogP contribution in [-0.4, -0.2) is 26.4 Å². The van der Waals surface area contributed by atoms with Crippen LogP contribution in [0.25, 0.3) is 5.69 Å². The van der Waals surface area contributed by atoms with Gasteiger partial charge in [-0.15, -0.1) is 10.2 Å². The lowest BCUT2D eigenvalue weighted by molar-refractivity contribution is -0.113. The number of ether oxygens (including phenoxy) is 1. The Kier molecular flexibility index (Phi) is 6.87. The van der Waals surface area contributed by atoms with Crippen LogP contribution < -0.4 is 10.1 Å². The number of carbonyl (C=O) groups is 1. The van der Waals surface area contributed by atoms with Crippen molar-refractivity contribution in [3.05, 3.63) is 90.8 Å². The number of thioether (sulfide) groups is 1. The van der Waals surface area contributed by atoms with Crippen molar-refractivity contribution >= 4 is 23.4 Å². The summed E-state index contributed by atoms with van der Waals surface area (Å²) in [5.74, 6) is 1.81. The summed E-state index contributed by atoms with van der Waals surface area (Å²) >= 11 is 1.33. The van der Waals surface area contributed by atoms with Crippen molar-refractivity contribution in [1.29, 1.82) is 0 Å². The second-order valence-corrected chi connectivity index (χ2v) is 8.42. The Labute approximate surface area is 191 Å². The van der Waals surface area contributed by atoms with E-state index in [4.69, 9.17) is 4.74 Å².